The number of rotatable bonds is 3. The fraction of sp³-hybridized carbons (Fsp3) is 0.100. The third-order valence-electron chi connectivity index (χ3n) is 4.09. The summed E-state index contributed by atoms with van der Waals surface area (Å²) in [5.74, 6) is 0.217. The number of nitrogens with one attached hydrogen (secondary N) is 1. The van der Waals surface area contributed by atoms with Crippen LogP contribution in [0.3, 0.4) is 0 Å². The minimum atomic E-state index is -0.279. The van der Waals surface area contributed by atoms with Crippen molar-refractivity contribution in [3.05, 3.63) is 71.5 Å². The molecule has 0 unspecified atom stereocenters. The van der Waals surface area contributed by atoms with Crippen molar-refractivity contribution in [1.82, 2.24) is 15.1 Å². The van der Waals surface area contributed by atoms with Gasteiger partial charge >= 0.3 is 0 Å². The Morgan fingerprint density at radius 3 is 2.65 bits per heavy atom. The number of hydrogen-bond acceptors (Lipinski definition) is 5. The zero-order valence-corrected chi connectivity index (χ0v) is 14.4. The smallest absolute Gasteiger partial charge is 0.259 e. The molecule has 0 radical (unpaired) electrons. The van der Waals surface area contributed by atoms with Crippen LogP contribution < -0.4 is 5.32 Å². The minimum Gasteiger partial charge on any atom is -0.335 e. The van der Waals surface area contributed by atoms with Gasteiger partial charge in [-0.25, -0.2) is 9.97 Å². The van der Waals surface area contributed by atoms with E-state index in [9.17, 15) is 4.79 Å². The minimum absolute atomic E-state index is 0.279. The molecule has 0 fully saturated rings. The number of aromatic nitrogens is 3. The Labute approximate surface area is 149 Å². The summed E-state index contributed by atoms with van der Waals surface area (Å²) in [5.41, 5.74) is 3.97. The van der Waals surface area contributed by atoms with Crippen molar-refractivity contribution < 1.29 is 9.32 Å². The van der Waals surface area contributed by atoms with Crippen LogP contribution in [-0.4, -0.2) is 21.0 Å². The lowest BCUT2D eigenvalue weighted by molar-refractivity contribution is 0.102. The highest BCUT2D eigenvalue weighted by molar-refractivity contribution is 6.12. The Hall–Kier alpha value is -3.54. The van der Waals surface area contributed by atoms with E-state index in [2.05, 4.69) is 20.4 Å². The Bertz CT molecular complexity index is 1100. The SMILES string of the molecule is Cc1ccnc(NC(=O)c2cc(-c3ccccc3)nc3onc(C)c23)c1. The fourth-order valence-electron chi connectivity index (χ4n) is 2.82. The molecule has 0 aliphatic carbocycles. The molecule has 0 saturated heterocycles. The van der Waals surface area contributed by atoms with Crippen molar-refractivity contribution in [3.63, 3.8) is 0 Å². The third kappa shape index (κ3) is 2.93. The number of fused-ring (bicyclic) bond motifs is 1. The molecule has 1 N–H and O–H groups in total. The summed E-state index contributed by atoms with van der Waals surface area (Å²) in [6.07, 6.45) is 1.66. The molecular formula is C20H16N4O2. The van der Waals surface area contributed by atoms with Crippen LogP contribution in [0.2, 0.25) is 0 Å². The molecule has 0 saturated carbocycles. The molecular weight excluding hydrogens is 328 g/mol. The first-order valence-electron chi connectivity index (χ1n) is 8.18. The summed E-state index contributed by atoms with van der Waals surface area (Å²) in [6, 6.07) is 15.1. The molecule has 3 aromatic heterocycles. The van der Waals surface area contributed by atoms with Gasteiger partial charge in [0.25, 0.3) is 11.6 Å². The van der Waals surface area contributed by atoms with Gasteiger partial charge in [-0.1, -0.05) is 35.5 Å². The summed E-state index contributed by atoms with van der Waals surface area (Å²) in [4.78, 5) is 21.6. The number of carbonyl (C=O) groups is 1. The van der Waals surface area contributed by atoms with Gasteiger partial charge in [0, 0.05) is 11.8 Å². The number of amides is 1. The molecule has 0 atom stereocenters. The largest absolute Gasteiger partial charge is 0.335 e. The number of pyridine rings is 2. The van der Waals surface area contributed by atoms with E-state index in [1.54, 1.807) is 19.2 Å². The summed E-state index contributed by atoms with van der Waals surface area (Å²) < 4.78 is 5.31. The summed E-state index contributed by atoms with van der Waals surface area (Å²) in [5, 5.41) is 7.41. The van der Waals surface area contributed by atoms with Gasteiger partial charge in [-0.3, -0.25) is 4.79 Å². The number of anilines is 1. The molecule has 128 valence electrons. The summed E-state index contributed by atoms with van der Waals surface area (Å²) >= 11 is 0. The van der Waals surface area contributed by atoms with Crippen molar-refractivity contribution in [1.29, 1.82) is 0 Å². The lowest BCUT2D eigenvalue weighted by Gasteiger charge is -2.08. The van der Waals surface area contributed by atoms with Crippen LogP contribution in [0, 0.1) is 13.8 Å². The molecule has 3 heterocycles. The second-order valence-electron chi connectivity index (χ2n) is 6.04. The summed E-state index contributed by atoms with van der Waals surface area (Å²) in [7, 11) is 0. The molecule has 0 bridgehead atoms. The van der Waals surface area contributed by atoms with Crippen LogP contribution in [0.15, 0.2) is 59.3 Å². The van der Waals surface area contributed by atoms with E-state index >= 15 is 0 Å². The number of hydrogen-bond donors (Lipinski definition) is 1. The quantitative estimate of drug-likeness (QED) is 0.604. The monoisotopic (exact) mass is 344 g/mol. The van der Waals surface area contributed by atoms with Crippen molar-refractivity contribution in [3.8, 4) is 11.3 Å². The third-order valence-corrected chi connectivity index (χ3v) is 4.09. The number of benzene rings is 1. The molecule has 0 aliphatic rings. The van der Waals surface area contributed by atoms with Crippen molar-refractivity contribution in [2.24, 2.45) is 0 Å². The molecule has 1 aromatic carbocycles. The Morgan fingerprint density at radius 2 is 1.88 bits per heavy atom. The van der Waals surface area contributed by atoms with Crippen LogP contribution in [0.5, 0.6) is 0 Å². The van der Waals surface area contributed by atoms with Gasteiger partial charge in [0.1, 0.15) is 5.82 Å². The zero-order valence-electron chi connectivity index (χ0n) is 14.4. The maximum Gasteiger partial charge on any atom is 0.259 e. The highest BCUT2D eigenvalue weighted by atomic mass is 16.5. The van der Waals surface area contributed by atoms with Gasteiger partial charge in [-0.05, 0) is 37.6 Å². The van der Waals surface area contributed by atoms with Gasteiger partial charge < -0.3 is 9.84 Å². The first-order valence-corrected chi connectivity index (χ1v) is 8.18. The topological polar surface area (TPSA) is 80.9 Å². The molecule has 6 nitrogen and oxygen atoms in total. The normalized spacial score (nSPS) is 10.8. The van der Waals surface area contributed by atoms with E-state index in [0.29, 0.717) is 33.9 Å². The molecule has 0 spiro atoms. The van der Waals surface area contributed by atoms with E-state index in [-0.39, 0.29) is 5.91 Å². The number of nitrogens with zero attached hydrogens (tertiary/aromatic N) is 3. The Balaban J connectivity index is 1.82. The zero-order chi connectivity index (χ0) is 18.1. The van der Waals surface area contributed by atoms with Crippen molar-refractivity contribution in [2.75, 3.05) is 5.32 Å². The predicted octanol–water partition coefficient (Wildman–Crippen LogP) is 4.15. The molecule has 4 aromatic rings. The first-order chi connectivity index (χ1) is 12.6. The van der Waals surface area contributed by atoms with Crippen molar-refractivity contribution in [2.45, 2.75) is 13.8 Å². The van der Waals surface area contributed by atoms with E-state index in [1.165, 1.54) is 0 Å². The van der Waals surface area contributed by atoms with Crippen LogP contribution in [0.25, 0.3) is 22.4 Å². The molecule has 6 heteroatoms. The van der Waals surface area contributed by atoms with Crippen LogP contribution in [0.4, 0.5) is 5.82 Å². The number of carbonyl (C=O) groups excluding carboxylic acids is 1. The van der Waals surface area contributed by atoms with Gasteiger partial charge in [0.15, 0.2) is 0 Å². The Kier molecular flexibility index (Phi) is 3.93. The van der Waals surface area contributed by atoms with E-state index in [1.807, 2.05) is 49.4 Å². The lowest BCUT2D eigenvalue weighted by atomic mass is 10.1. The second-order valence-corrected chi connectivity index (χ2v) is 6.04. The average Bonchev–Trinajstić information content (AvgIpc) is 3.03. The molecule has 4 rings (SSSR count). The molecule has 0 aliphatic heterocycles. The maximum absolute atomic E-state index is 12.9. The van der Waals surface area contributed by atoms with Crippen LogP contribution >= 0.6 is 0 Å². The average molecular weight is 344 g/mol. The summed E-state index contributed by atoms with van der Waals surface area (Å²) in [6.45, 7) is 3.73. The van der Waals surface area contributed by atoms with E-state index < -0.39 is 0 Å². The van der Waals surface area contributed by atoms with Gasteiger partial charge in [0.2, 0.25) is 0 Å². The van der Waals surface area contributed by atoms with Gasteiger partial charge in [0.05, 0.1) is 22.3 Å². The van der Waals surface area contributed by atoms with Crippen LogP contribution in [-0.2, 0) is 0 Å². The second kappa shape index (κ2) is 6.40. The number of aryl methyl sites for hydroxylation is 2. The van der Waals surface area contributed by atoms with Gasteiger partial charge in [-0.15, -0.1) is 0 Å². The molecule has 26 heavy (non-hydrogen) atoms. The van der Waals surface area contributed by atoms with Crippen molar-refractivity contribution >= 4 is 22.8 Å². The highest BCUT2D eigenvalue weighted by Gasteiger charge is 2.19. The fourth-order valence-corrected chi connectivity index (χ4v) is 2.82. The van der Waals surface area contributed by atoms with E-state index in [0.717, 1.165) is 11.1 Å². The first kappa shape index (κ1) is 16.0. The molecule has 1 amide bonds. The lowest BCUT2D eigenvalue weighted by Crippen LogP contribution is -2.14. The predicted molar refractivity (Wildman–Crippen MR) is 98.9 cm³/mol. The van der Waals surface area contributed by atoms with Crippen LogP contribution in [0.1, 0.15) is 21.6 Å². The maximum atomic E-state index is 12.9. The van der Waals surface area contributed by atoms with E-state index in [4.69, 9.17) is 4.52 Å². The van der Waals surface area contributed by atoms with Gasteiger partial charge in [-0.2, -0.15) is 0 Å². The Morgan fingerprint density at radius 1 is 1.08 bits per heavy atom. The standard InChI is InChI=1S/C20H16N4O2/c1-12-8-9-21-17(10-12)23-19(25)15-11-16(14-6-4-3-5-7-14)22-20-18(15)13(2)24-26-20/h3-11H,1-2H3,(H,21,23,25). The highest BCUT2D eigenvalue weighted by Crippen LogP contribution is 2.27.